The Hall–Kier alpha value is -2.76. The third kappa shape index (κ3) is 5.32. The molecule has 116 valence electrons. The maximum Gasteiger partial charge on any atom is 0.258 e. The van der Waals surface area contributed by atoms with Gasteiger partial charge in [0.15, 0.2) is 6.61 Å². The molecule has 0 aliphatic rings. The number of amides is 2. The molecule has 1 aromatic heterocycles. The van der Waals surface area contributed by atoms with Gasteiger partial charge in [-0.1, -0.05) is 12.1 Å². The Kier molecular flexibility index (Phi) is 5.59. The SMILES string of the molecule is Cc1cccc(OCC(=O)NCC(=O)NCc2ccco2)c1. The lowest BCUT2D eigenvalue weighted by atomic mass is 10.2. The van der Waals surface area contributed by atoms with Crippen LogP contribution in [0.15, 0.2) is 47.1 Å². The Morgan fingerprint density at radius 1 is 1.14 bits per heavy atom. The highest BCUT2D eigenvalue weighted by molar-refractivity contribution is 5.85. The van der Waals surface area contributed by atoms with Crippen LogP contribution in [0.1, 0.15) is 11.3 Å². The van der Waals surface area contributed by atoms with E-state index >= 15 is 0 Å². The summed E-state index contributed by atoms with van der Waals surface area (Å²) in [7, 11) is 0. The Balaban J connectivity index is 1.63. The summed E-state index contributed by atoms with van der Waals surface area (Å²) in [4.78, 5) is 23.2. The lowest BCUT2D eigenvalue weighted by molar-refractivity contribution is -0.127. The summed E-state index contributed by atoms with van der Waals surface area (Å²) < 4.78 is 10.4. The van der Waals surface area contributed by atoms with E-state index in [0.717, 1.165) is 5.56 Å². The van der Waals surface area contributed by atoms with Crippen molar-refractivity contribution in [2.45, 2.75) is 13.5 Å². The Labute approximate surface area is 128 Å². The van der Waals surface area contributed by atoms with Crippen LogP contribution < -0.4 is 15.4 Å². The molecule has 0 saturated heterocycles. The Morgan fingerprint density at radius 3 is 2.73 bits per heavy atom. The average molecular weight is 302 g/mol. The minimum Gasteiger partial charge on any atom is -0.484 e. The number of rotatable bonds is 7. The van der Waals surface area contributed by atoms with Gasteiger partial charge in [0, 0.05) is 0 Å². The van der Waals surface area contributed by atoms with E-state index in [2.05, 4.69) is 10.6 Å². The minimum absolute atomic E-state index is 0.100. The predicted molar refractivity (Wildman–Crippen MR) is 80.2 cm³/mol. The van der Waals surface area contributed by atoms with E-state index in [1.54, 1.807) is 18.2 Å². The van der Waals surface area contributed by atoms with Crippen molar-refractivity contribution in [3.8, 4) is 5.75 Å². The van der Waals surface area contributed by atoms with Crippen molar-refractivity contribution in [1.29, 1.82) is 0 Å². The second kappa shape index (κ2) is 7.87. The lowest BCUT2D eigenvalue weighted by Crippen LogP contribution is -2.38. The largest absolute Gasteiger partial charge is 0.484 e. The van der Waals surface area contributed by atoms with Crippen LogP contribution in [0.4, 0.5) is 0 Å². The molecule has 2 aromatic rings. The Bertz CT molecular complexity index is 623. The van der Waals surface area contributed by atoms with Crippen LogP contribution in [0, 0.1) is 6.92 Å². The van der Waals surface area contributed by atoms with Crippen LogP contribution in [0.25, 0.3) is 0 Å². The fourth-order valence-electron chi connectivity index (χ4n) is 1.75. The van der Waals surface area contributed by atoms with E-state index in [0.29, 0.717) is 18.1 Å². The molecule has 2 rings (SSSR count). The normalized spacial score (nSPS) is 10.0. The summed E-state index contributed by atoms with van der Waals surface area (Å²) in [6.07, 6.45) is 1.53. The zero-order valence-electron chi connectivity index (χ0n) is 12.3. The zero-order valence-corrected chi connectivity index (χ0v) is 12.3. The van der Waals surface area contributed by atoms with Crippen LogP contribution in [0.5, 0.6) is 5.75 Å². The molecule has 0 radical (unpaired) electrons. The number of carbonyl (C=O) groups excluding carboxylic acids is 2. The highest BCUT2D eigenvalue weighted by atomic mass is 16.5. The number of benzene rings is 1. The average Bonchev–Trinajstić information content (AvgIpc) is 3.02. The molecule has 22 heavy (non-hydrogen) atoms. The first-order valence-corrected chi connectivity index (χ1v) is 6.89. The highest BCUT2D eigenvalue weighted by Crippen LogP contribution is 2.11. The lowest BCUT2D eigenvalue weighted by Gasteiger charge is -2.08. The molecule has 0 fully saturated rings. The number of carbonyl (C=O) groups is 2. The molecule has 0 aliphatic carbocycles. The zero-order chi connectivity index (χ0) is 15.8. The quantitative estimate of drug-likeness (QED) is 0.810. The number of hydrogen-bond acceptors (Lipinski definition) is 4. The third-order valence-corrected chi connectivity index (χ3v) is 2.85. The topological polar surface area (TPSA) is 80.6 Å². The van der Waals surface area contributed by atoms with E-state index in [-0.39, 0.29) is 25.0 Å². The van der Waals surface area contributed by atoms with Gasteiger partial charge in [0.05, 0.1) is 19.4 Å². The summed E-state index contributed by atoms with van der Waals surface area (Å²) in [5.41, 5.74) is 1.05. The minimum atomic E-state index is -0.352. The van der Waals surface area contributed by atoms with Crippen LogP contribution in [-0.4, -0.2) is 25.0 Å². The van der Waals surface area contributed by atoms with Gasteiger partial charge >= 0.3 is 0 Å². The summed E-state index contributed by atoms with van der Waals surface area (Å²) in [5.74, 6) is 0.634. The number of ether oxygens (including phenoxy) is 1. The van der Waals surface area contributed by atoms with Gasteiger partial charge in [-0.05, 0) is 36.8 Å². The van der Waals surface area contributed by atoms with Gasteiger partial charge in [0.1, 0.15) is 11.5 Å². The third-order valence-electron chi connectivity index (χ3n) is 2.85. The van der Waals surface area contributed by atoms with E-state index in [9.17, 15) is 9.59 Å². The van der Waals surface area contributed by atoms with Gasteiger partial charge in [-0.15, -0.1) is 0 Å². The van der Waals surface area contributed by atoms with Crippen LogP contribution >= 0.6 is 0 Å². The van der Waals surface area contributed by atoms with Gasteiger partial charge in [0.2, 0.25) is 5.91 Å². The van der Waals surface area contributed by atoms with Crippen molar-refractivity contribution in [2.75, 3.05) is 13.2 Å². The molecular formula is C16H18N2O4. The molecule has 1 heterocycles. The van der Waals surface area contributed by atoms with E-state index in [4.69, 9.17) is 9.15 Å². The molecule has 0 saturated carbocycles. The molecule has 0 spiro atoms. The molecule has 2 amide bonds. The molecular weight excluding hydrogens is 284 g/mol. The summed E-state index contributed by atoms with van der Waals surface area (Å²) in [5, 5.41) is 5.12. The van der Waals surface area contributed by atoms with Crippen LogP contribution in [0.3, 0.4) is 0 Å². The van der Waals surface area contributed by atoms with Crippen LogP contribution in [-0.2, 0) is 16.1 Å². The molecule has 6 nitrogen and oxygen atoms in total. The fourth-order valence-corrected chi connectivity index (χ4v) is 1.75. The number of hydrogen-bond donors (Lipinski definition) is 2. The number of nitrogens with one attached hydrogen (secondary N) is 2. The van der Waals surface area contributed by atoms with E-state index in [1.807, 2.05) is 25.1 Å². The van der Waals surface area contributed by atoms with E-state index < -0.39 is 0 Å². The summed E-state index contributed by atoms with van der Waals surface area (Å²) >= 11 is 0. The monoisotopic (exact) mass is 302 g/mol. The van der Waals surface area contributed by atoms with E-state index in [1.165, 1.54) is 6.26 Å². The van der Waals surface area contributed by atoms with Crippen molar-refractivity contribution in [1.82, 2.24) is 10.6 Å². The van der Waals surface area contributed by atoms with Crippen molar-refractivity contribution in [3.05, 3.63) is 54.0 Å². The van der Waals surface area contributed by atoms with Gasteiger partial charge in [-0.25, -0.2) is 0 Å². The smallest absolute Gasteiger partial charge is 0.258 e. The summed E-state index contributed by atoms with van der Waals surface area (Å²) in [6.45, 7) is 2.00. The second-order valence-electron chi connectivity index (χ2n) is 4.74. The van der Waals surface area contributed by atoms with Crippen LogP contribution in [0.2, 0.25) is 0 Å². The van der Waals surface area contributed by atoms with Gasteiger partial charge < -0.3 is 19.8 Å². The molecule has 0 atom stereocenters. The first-order chi connectivity index (χ1) is 10.6. The maximum absolute atomic E-state index is 11.6. The molecule has 2 N–H and O–H groups in total. The predicted octanol–water partition coefficient (Wildman–Crippen LogP) is 1.40. The fraction of sp³-hybridized carbons (Fsp3) is 0.250. The van der Waals surface area contributed by atoms with Gasteiger partial charge in [0.25, 0.3) is 5.91 Å². The summed E-state index contributed by atoms with van der Waals surface area (Å²) in [6, 6.07) is 10.9. The molecule has 0 unspecified atom stereocenters. The molecule has 6 heteroatoms. The standard InChI is InChI=1S/C16H18N2O4/c1-12-4-2-5-13(8-12)22-11-16(20)18-10-15(19)17-9-14-6-3-7-21-14/h2-8H,9-11H2,1H3,(H,17,19)(H,18,20). The van der Waals surface area contributed by atoms with Crippen molar-refractivity contribution < 1.29 is 18.7 Å². The van der Waals surface area contributed by atoms with Crippen molar-refractivity contribution in [3.63, 3.8) is 0 Å². The number of aryl methyl sites for hydroxylation is 1. The van der Waals surface area contributed by atoms with Crippen molar-refractivity contribution >= 4 is 11.8 Å². The maximum atomic E-state index is 11.6. The molecule has 0 aliphatic heterocycles. The second-order valence-corrected chi connectivity index (χ2v) is 4.74. The Morgan fingerprint density at radius 2 is 2.00 bits per heavy atom. The molecule has 1 aromatic carbocycles. The first-order valence-electron chi connectivity index (χ1n) is 6.89. The highest BCUT2D eigenvalue weighted by Gasteiger charge is 2.07. The van der Waals surface area contributed by atoms with Gasteiger partial charge in [-0.3, -0.25) is 9.59 Å². The number of furan rings is 1. The van der Waals surface area contributed by atoms with Crippen molar-refractivity contribution in [2.24, 2.45) is 0 Å². The molecule has 0 bridgehead atoms. The van der Waals surface area contributed by atoms with Gasteiger partial charge in [-0.2, -0.15) is 0 Å². The first kappa shape index (κ1) is 15.6.